The summed E-state index contributed by atoms with van der Waals surface area (Å²) in [5.41, 5.74) is 0.733. The molecule has 8 heteroatoms. The fraction of sp³-hybridized carbons (Fsp3) is 0.591. The summed E-state index contributed by atoms with van der Waals surface area (Å²) >= 11 is 4.70. The predicted octanol–water partition coefficient (Wildman–Crippen LogP) is 3.62. The molecule has 164 valence electrons. The number of carbonyl (C=O) groups excluding carboxylic acids is 3. The molecular formula is C22H30BrN3O3S. The molecule has 2 aliphatic rings. The second-order valence-electron chi connectivity index (χ2n) is 8.24. The molecule has 1 aromatic rings. The molecule has 0 aliphatic carbocycles. The lowest BCUT2D eigenvalue weighted by Crippen LogP contribution is -2.47. The summed E-state index contributed by atoms with van der Waals surface area (Å²) in [6, 6.07) is 7.42. The zero-order chi connectivity index (χ0) is 21.5. The average Bonchev–Trinajstić information content (AvgIpc) is 2.73. The average molecular weight is 496 g/mol. The molecule has 1 atom stereocenters. The Hall–Kier alpha value is -1.54. The van der Waals surface area contributed by atoms with E-state index in [1.807, 2.05) is 34.1 Å². The first-order valence-corrected chi connectivity index (χ1v) is 12.6. The predicted molar refractivity (Wildman–Crippen MR) is 124 cm³/mol. The van der Waals surface area contributed by atoms with Crippen molar-refractivity contribution in [2.75, 3.05) is 43.0 Å². The third kappa shape index (κ3) is 6.74. The van der Waals surface area contributed by atoms with Gasteiger partial charge in [0.15, 0.2) is 0 Å². The highest BCUT2D eigenvalue weighted by Crippen LogP contribution is 2.24. The highest BCUT2D eigenvalue weighted by molar-refractivity contribution is 9.10. The van der Waals surface area contributed by atoms with E-state index in [2.05, 4.69) is 28.2 Å². The van der Waals surface area contributed by atoms with Crippen LogP contribution < -0.4 is 5.32 Å². The SMILES string of the molecule is CC1CCCN(C(=O)C2CCN(C(=O)CSCC(=O)Nc3cccc(Br)c3)CC2)C1. The summed E-state index contributed by atoms with van der Waals surface area (Å²) in [4.78, 5) is 41.2. The number of benzene rings is 1. The van der Waals surface area contributed by atoms with Crippen molar-refractivity contribution >= 4 is 51.1 Å². The number of hydrogen-bond donors (Lipinski definition) is 1. The van der Waals surface area contributed by atoms with Crippen LogP contribution in [-0.4, -0.2) is 65.2 Å². The van der Waals surface area contributed by atoms with Crippen molar-refractivity contribution in [2.45, 2.75) is 32.6 Å². The highest BCUT2D eigenvalue weighted by atomic mass is 79.9. The van der Waals surface area contributed by atoms with Crippen molar-refractivity contribution < 1.29 is 14.4 Å². The quantitative estimate of drug-likeness (QED) is 0.654. The molecule has 1 aromatic carbocycles. The second-order valence-corrected chi connectivity index (χ2v) is 10.1. The van der Waals surface area contributed by atoms with Gasteiger partial charge in [-0.3, -0.25) is 14.4 Å². The molecule has 0 spiro atoms. The van der Waals surface area contributed by atoms with Gasteiger partial charge in [0.1, 0.15) is 0 Å². The van der Waals surface area contributed by atoms with Crippen molar-refractivity contribution in [3.8, 4) is 0 Å². The van der Waals surface area contributed by atoms with E-state index in [0.717, 1.165) is 42.5 Å². The Morgan fingerprint density at radius 3 is 2.57 bits per heavy atom. The van der Waals surface area contributed by atoms with Gasteiger partial charge in [-0.25, -0.2) is 0 Å². The molecule has 3 rings (SSSR count). The Labute approximate surface area is 191 Å². The standard InChI is InChI=1S/C22H30BrN3O3S/c1-16-4-3-9-26(13-16)22(29)17-7-10-25(11-8-17)21(28)15-30-14-20(27)24-19-6-2-5-18(23)12-19/h2,5-6,12,16-17H,3-4,7-11,13-15H2,1H3,(H,24,27). The van der Waals surface area contributed by atoms with Crippen LogP contribution in [0.15, 0.2) is 28.7 Å². The molecule has 0 aromatic heterocycles. The molecule has 30 heavy (non-hydrogen) atoms. The Morgan fingerprint density at radius 1 is 1.10 bits per heavy atom. The van der Waals surface area contributed by atoms with Crippen molar-refractivity contribution in [3.05, 3.63) is 28.7 Å². The minimum absolute atomic E-state index is 0.0444. The zero-order valence-corrected chi connectivity index (χ0v) is 19.8. The molecule has 2 heterocycles. The maximum atomic E-state index is 12.8. The summed E-state index contributed by atoms with van der Waals surface area (Å²) in [6.45, 7) is 5.21. The van der Waals surface area contributed by atoms with Crippen LogP contribution in [0.2, 0.25) is 0 Å². The monoisotopic (exact) mass is 495 g/mol. The highest BCUT2D eigenvalue weighted by Gasteiger charge is 2.31. The number of halogens is 1. The van der Waals surface area contributed by atoms with Gasteiger partial charge in [-0.15, -0.1) is 11.8 Å². The number of thioether (sulfide) groups is 1. The maximum Gasteiger partial charge on any atom is 0.234 e. The molecule has 0 radical (unpaired) electrons. The lowest BCUT2D eigenvalue weighted by Gasteiger charge is -2.37. The maximum absolute atomic E-state index is 12.8. The number of nitrogens with zero attached hydrogens (tertiary/aromatic N) is 2. The van der Waals surface area contributed by atoms with Crippen molar-refractivity contribution in [3.63, 3.8) is 0 Å². The first-order chi connectivity index (χ1) is 14.4. The number of piperidine rings is 2. The number of carbonyl (C=O) groups is 3. The van der Waals surface area contributed by atoms with E-state index in [-0.39, 0.29) is 35.1 Å². The Kier molecular flexibility index (Phi) is 8.62. The molecule has 1 unspecified atom stereocenters. The van der Waals surface area contributed by atoms with E-state index in [1.165, 1.54) is 18.2 Å². The zero-order valence-electron chi connectivity index (χ0n) is 17.4. The molecule has 6 nitrogen and oxygen atoms in total. The Balaban J connectivity index is 1.35. The van der Waals surface area contributed by atoms with Crippen LogP contribution in [0, 0.1) is 11.8 Å². The van der Waals surface area contributed by atoms with Gasteiger partial charge < -0.3 is 15.1 Å². The number of nitrogens with one attached hydrogen (secondary N) is 1. The molecule has 2 fully saturated rings. The molecule has 2 aliphatic heterocycles. The van der Waals surface area contributed by atoms with Gasteiger partial charge in [0.2, 0.25) is 17.7 Å². The van der Waals surface area contributed by atoms with Crippen LogP contribution in [0.5, 0.6) is 0 Å². The van der Waals surface area contributed by atoms with E-state index in [4.69, 9.17) is 0 Å². The number of hydrogen-bond acceptors (Lipinski definition) is 4. The van der Waals surface area contributed by atoms with Crippen LogP contribution >= 0.6 is 27.7 Å². The van der Waals surface area contributed by atoms with Gasteiger partial charge in [-0.2, -0.15) is 0 Å². The Bertz CT molecular complexity index is 768. The minimum atomic E-state index is -0.119. The van der Waals surface area contributed by atoms with Gasteiger partial charge in [-0.05, 0) is 49.8 Å². The third-order valence-electron chi connectivity index (χ3n) is 5.73. The van der Waals surface area contributed by atoms with Crippen LogP contribution in [0.25, 0.3) is 0 Å². The largest absolute Gasteiger partial charge is 0.342 e. The van der Waals surface area contributed by atoms with Crippen LogP contribution in [0.3, 0.4) is 0 Å². The van der Waals surface area contributed by atoms with Crippen molar-refractivity contribution in [1.29, 1.82) is 0 Å². The fourth-order valence-electron chi connectivity index (χ4n) is 4.11. The van der Waals surface area contributed by atoms with E-state index in [0.29, 0.717) is 19.0 Å². The van der Waals surface area contributed by atoms with E-state index in [9.17, 15) is 14.4 Å². The number of amides is 3. The molecule has 1 N–H and O–H groups in total. The molecule has 0 saturated carbocycles. The first-order valence-electron chi connectivity index (χ1n) is 10.6. The summed E-state index contributed by atoms with van der Waals surface area (Å²) in [6.07, 6.45) is 3.78. The second kappa shape index (κ2) is 11.2. The van der Waals surface area contributed by atoms with E-state index in [1.54, 1.807) is 0 Å². The molecule has 0 bridgehead atoms. The smallest absolute Gasteiger partial charge is 0.234 e. The Morgan fingerprint density at radius 2 is 1.87 bits per heavy atom. The summed E-state index contributed by atoms with van der Waals surface area (Å²) in [7, 11) is 0. The van der Waals surface area contributed by atoms with Gasteiger partial charge in [-0.1, -0.05) is 28.9 Å². The lowest BCUT2D eigenvalue weighted by atomic mass is 9.93. The van der Waals surface area contributed by atoms with Crippen LogP contribution in [0.4, 0.5) is 5.69 Å². The van der Waals surface area contributed by atoms with Gasteiger partial charge in [0.05, 0.1) is 11.5 Å². The number of anilines is 1. The summed E-state index contributed by atoms with van der Waals surface area (Å²) in [5, 5.41) is 2.83. The van der Waals surface area contributed by atoms with Crippen molar-refractivity contribution in [2.24, 2.45) is 11.8 Å². The molecular weight excluding hydrogens is 466 g/mol. The summed E-state index contributed by atoms with van der Waals surface area (Å²) in [5.74, 6) is 1.35. The normalized spacial score (nSPS) is 20.1. The fourth-order valence-corrected chi connectivity index (χ4v) is 5.23. The van der Waals surface area contributed by atoms with E-state index >= 15 is 0 Å². The first kappa shape index (κ1) is 23.1. The van der Waals surface area contributed by atoms with Crippen LogP contribution in [-0.2, 0) is 14.4 Å². The topological polar surface area (TPSA) is 69.7 Å². The summed E-state index contributed by atoms with van der Waals surface area (Å²) < 4.78 is 0.903. The van der Waals surface area contributed by atoms with Gasteiger partial charge in [0.25, 0.3) is 0 Å². The lowest BCUT2D eigenvalue weighted by molar-refractivity contribution is -0.141. The van der Waals surface area contributed by atoms with Gasteiger partial charge in [0, 0.05) is 42.3 Å². The van der Waals surface area contributed by atoms with E-state index < -0.39 is 0 Å². The van der Waals surface area contributed by atoms with Crippen LogP contribution in [0.1, 0.15) is 32.6 Å². The third-order valence-corrected chi connectivity index (χ3v) is 7.14. The number of likely N-dealkylation sites (tertiary alicyclic amines) is 2. The van der Waals surface area contributed by atoms with Crippen molar-refractivity contribution in [1.82, 2.24) is 9.80 Å². The number of rotatable bonds is 6. The minimum Gasteiger partial charge on any atom is -0.342 e. The molecule has 3 amide bonds. The molecule has 2 saturated heterocycles. The van der Waals surface area contributed by atoms with Gasteiger partial charge >= 0.3 is 0 Å².